The van der Waals surface area contributed by atoms with Crippen LogP contribution in [-0.4, -0.2) is 15.0 Å². The molecule has 0 amide bonds. The summed E-state index contributed by atoms with van der Waals surface area (Å²) >= 11 is 5.83. The van der Waals surface area contributed by atoms with E-state index in [2.05, 4.69) is 20.4 Å². The molecule has 0 saturated carbocycles. The molecule has 2 heterocycles. The molecule has 3 N–H and O–H groups in total. The second-order valence-corrected chi connectivity index (χ2v) is 4.07. The fourth-order valence-electron chi connectivity index (χ4n) is 1.40. The van der Waals surface area contributed by atoms with Gasteiger partial charge in [0.25, 0.3) is 0 Å². The molecule has 0 aliphatic rings. The lowest BCUT2D eigenvalue weighted by Crippen LogP contribution is -2.12. The highest BCUT2D eigenvalue weighted by molar-refractivity contribution is 6.30. The lowest BCUT2D eigenvalue weighted by atomic mass is 10.3. The number of hydrogen-bond donors (Lipinski definition) is 2. The van der Waals surface area contributed by atoms with E-state index in [9.17, 15) is 0 Å². The maximum atomic E-state index is 5.83. The number of pyridine rings is 1. The minimum atomic E-state index is 0.416. The van der Waals surface area contributed by atoms with Crippen molar-refractivity contribution < 1.29 is 4.74 Å². The first-order valence-corrected chi connectivity index (χ1v) is 5.58. The van der Waals surface area contributed by atoms with Gasteiger partial charge in [-0.15, -0.1) is 0 Å². The Labute approximate surface area is 109 Å². The van der Waals surface area contributed by atoms with Crippen LogP contribution in [-0.2, 0) is 0 Å². The van der Waals surface area contributed by atoms with Crippen molar-refractivity contribution in [1.82, 2.24) is 15.0 Å². The molecule has 6 nitrogen and oxygen atoms in total. The molecule has 0 aromatic carbocycles. The summed E-state index contributed by atoms with van der Waals surface area (Å²) in [6, 6.07) is 1.65. The van der Waals surface area contributed by atoms with Gasteiger partial charge in [0.1, 0.15) is 17.4 Å². The molecule has 0 atom stereocenters. The summed E-state index contributed by atoms with van der Waals surface area (Å²) in [6.45, 7) is 3.56. The minimum Gasteiger partial charge on any atom is -0.437 e. The number of rotatable bonds is 3. The number of halogens is 1. The summed E-state index contributed by atoms with van der Waals surface area (Å²) in [6.07, 6.45) is 3.08. The van der Waals surface area contributed by atoms with Gasteiger partial charge in [0.15, 0.2) is 0 Å². The molecule has 0 radical (unpaired) electrons. The number of aryl methyl sites for hydroxylation is 1. The van der Waals surface area contributed by atoms with E-state index in [0.717, 1.165) is 0 Å². The van der Waals surface area contributed by atoms with Gasteiger partial charge < -0.3 is 10.2 Å². The third kappa shape index (κ3) is 2.66. The molecule has 0 aliphatic heterocycles. The van der Waals surface area contributed by atoms with Crippen LogP contribution < -0.4 is 16.0 Å². The number of anilines is 1. The molecule has 0 unspecified atom stereocenters. The Bertz CT molecular complexity index is 575. The van der Waals surface area contributed by atoms with Crippen LogP contribution in [0.15, 0.2) is 18.5 Å². The standard InChI is InChI=1S/C11H12ClN5O/c1-6-10(17-13)15-7(2)16-11(6)18-9-3-8(12)4-14-5-9/h3-5H,13H2,1-2H3,(H,15,16,17). The topological polar surface area (TPSA) is 86.0 Å². The third-order valence-corrected chi connectivity index (χ3v) is 2.45. The van der Waals surface area contributed by atoms with Gasteiger partial charge in [-0.2, -0.15) is 4.98 Å². The van der Waals surface area contributed by atoms with Gasteiger partial charge in [-0.1, -0.05) is 11.6 Å². The number of ether oxygens (including phenoxy) is 1. The maximum Gasteiger partial charge on any atom is 0.227 e. The Hall–Kier alpha value is -1.92. The van der Waals surface area contributed by atoms with E-state index in [1.165, 1.54) is 6.20 Å². The first-order valence-electron chi connectivity index (χ1n) is 5.20. The van der Waals surface area contributed by atoms with E-state index in [1.807, 2.05) is 6.92 Å². The van der Waals surface area contributed by atoms with Crippen LogP contribution in [0.25, 0.3) is 0 Å². The average molecular weight is 266 g/mol. The quantitative estimate of drug-likeness (QED) is 0.654. The molecule has 0 spiro atoms. The highest BCUT2D eigenvalue weighted by Crippen LogP contribution is 2.27. The lowest BCUT2D eigenvalue weighted by Gasteiger charge is -2.11. The van der Waals surface area contributed by atoms with Crippen molar-refractivity contribution in [3.05, 3.63) is 34.9 Å². The summed E-state index contributed by atoms with van der Waals surface area (Å²) in [4.78, 5) is 12.3. The lowest BCUT2D eigenvalue weighted by molar-refractivity contribution is 0.454. The van der Waals surface area contributed by atoms with E-state index in [-0.39, 0.29) is 0 Å². The first kappa shape index (κ1) is 12.5. The van der Waals surface area contributed by atoms with Gasteiger partial charge in [0.05, 0.1) is 16.8 Å². The zero-order chi connectivity index (χ0) is 13.1. The van der Waals surface area contributed by atoms with Crippen molar-refractivity contribution in [3.8, 4) is 11.6 Å². The van der Waals surface area contributed by atoms with E-state index >= 15 is 0 Å². The van der Waals surface area contributed by atoms with Crippen LogP contribution in [0.5, 0.6) is 11.6 Å². The van der Waals surface area contributed by atoms with Gasteiger partial charge in [-0.25, -0.2) is 10.8 Å². The molecule has 2 aromatic rings. The molecular formula is C11H12ClN5O. The molecule has 0 fully saturated rings. The van der Waals surface area contributed by atoms with Crippen LogP contribution >= 0.6 is 11.6 Å². The van der Waals surface area contributed by atoms with E-state index < -0.39 is 0 Å². The normalized spacial score (nSPS) is 10.2. The monoisotopic (exact) mass is 265 g/mol. The van der Waals surface area contributed by atoms with E-state index in [0.29, 0.717) is 33.9 Å². The second-order valence-electron chi connectivity index (χ2n) is 3.63. The number of nitrogens with one attached hydrogen (secondary N) is 1. The highest BCUT2D eigenvalue weighted by atomic mass is 35.5. The van der Waals surface area contributed by atoms with Crippen molar-refractivity contribution >= 4 is 17.4 Å². The molecule has 94 valence electrons. The Balaban J connectivity index is 2.37. The maximum absolute atomic E-state index is 5.83. The molecule has 0 aliphatic carbocycles. The molecule has 0 saturated heterocycles. The highest BCUT2D eigenvalue weighted by Gasteiger charge is 2.10. The van der Waals surface area contributed by atoms with Crippen LogP contribution in [0.4, 0.5) is 5.82 Å². The fourth-order valence-corrected chi connectivity index (χ4v) is 1.57. The molecule has 0 bridgehead atoms. The zero-order valence-electron chi connectivity index (χ0n) is 9.94. The van der Waals surface area contributed by atoms with E-state index in [1.54, 1.807) is 19.2 Å². The Morgan fingerprint density at radius 3 is 2.72 bits per heavy atom. The van der Waals surface area contributed by atoms with Crippen LogP contribution in [0, 0.1) is 13.8 Å². The SMILES string of the molecule is Cc1nc(NN)c(C)c(Oc2cncc(Cl)c2)n1. The summed E-state index contributed by atoms with van der Waals surface area (Å²) < 4.78 is 5.62. The number of nitrogens with two attached hydrogens (primary N) is 1. The Morgan fingerprint density at radius 1 is 1.28 bits per heavy atom. The molecule has 18 heavy (non-hydrogen) atoms. The summed E-state index contributed by atoms with van der Waals surface area (Å²) in [7, 11) is 0. The summed E-state index contributed by atoms with van der Waals surface area (Å²) in [5.41, 5.74) is 3.21. The van der Waals surface area contributed by atoms with Gasteiger partial charge in [-0.3, -0.25) is 4.98 Å². The molecule has 2 aromatic heterocycles. The second kappa shape index (κ2) is 5.16. The number of nitrogen functional groups attached to an aromatic ring is 1. The number of hydrogen-bond acceptors (Lipinski definition) is 6. The number of hydrazine groups is 1. The van der Waals surface area contributed by atoms with Crippen molar-refractivity contribution in [3.63, 3.8) is 0 Å². The third-order valence-electron chi connectivity index (χ3n) is 2.24. The van der Waals surface area contributed by atoms with Gasteiger partial charge in [0, 0.05) is 12.3 Å². The zero-order valence-corrected chi connectivity index (χ0v) is 10.7. The molecule has 7 heteroatoms. The van der Waals surface area contributed by atoms with Crippen molar-refractivity contribution in [1.29, 1.82) is 0 Å². The first-order chi connectivity index (χ1) is 8.60. The Morgan fingerprint density at radius 2 is 2.06 bits per heavy atom. The number of aromatic nitrogens is 3. The fraction of sp³-hybridized carbons (Fsp3) is 0.182. The molecular weight excluding hydrogens is 254 g/mol. The predicted octanol–water partition coefficient (Wildman–Crippen LogP) is 2.22. The van der Waals surface area contributed by atoms with Crippen molar-refractivity contribution in [2.45, 2.75) is 13.8 Å². The van der Waals surface area contributed by atoms with Crippen LogP contribution in [0.3, 0.4) is 0 Å². The van der Waals surface area contributed by atoms with Crippen LogP contribution in [0.1, 0.15) is 11.4 Å². The average Bonchev–Trinajstić information content (AvgIpc) is 2.33. The van der Waals surface area contributed by atoms with E-state index in [4.69, 9.17) is 22.2 Å². The van der Waals surface area contributed by atoms with Gasteiger partial charge in [0.2, 0.25) is 5.88 Å². The minimum absolute atomic E-state index is 0.416. The molecule has 2 rings (SSSR count). The van der Waals surface area contributed by atoms with Gasteiger partial charge in [-0.05, 0) is 13.8 Å². The summed E-state index contributed by atoms with van der Waals surface area (Å²) in [5.74, 6) is 7.37. The predicted molar refractivity (Wildman–Crippen MR) is 68.6 cm³/mol. The van der Waals surface area contributed by atoms with Gasteiger partial charge >= 0.3 is 0 Å². The van der Waals surface area contributed by atoms with Crippen LogP contribution in [0.2, 0.25) is 5.02 Å². The number of nitrogens with zero attached hydrogens (tertiary/aromatic N) is 3. The Kier molecular flexibility index (Phi) is 3.59. The van der Waals surface area contributed by atoms with Crippen molar-refractivity contribution in [2.75, 3.05) is 5.43 Å². The summed E-state index contributed by atoms with van der Waals surface area (Å²) in [5, 5.41) is 0.494. The largest absolute Gasteiger partial charge is 0.437 e. The smallest absolute Gasteiger partial charge is 0.227 e. The van der Waals surface area contributed by atoms with Crippen molar-refractivity contribution in [2.24, 2.45) is 5.84 Å².